The maximum atomic E-state index is 10.9. The van der Waals surface area contributed by atoms with Gasteiger partial charge < -0.3 is 9.84 Å². The maximum absolute atomic E-state index is 10.9. The number of aliphatic hydroxyl groups excluding tert-OH is 1. The number of nitro groups is 1. The average molecular weight is 273 g/mol. The van der Waals surface area contributed by atoms with Crippen LogP contribution in [0.5, 0.6) is 5.75 Å². The number of nitro benzene ring substituents is 1. The van der Waals surface area contributed by atoms with Gasteiger partial charge in [0.2, 0.25) is 0 Å². The molecule has 0 saturated carbocycles. The van der Waals surface area contributed by atoms with E-state index in [1.54, 1.807) is 49.4 Å². The van der Waals surface area contributed by atoms with Crippen molar-refractivity contribution < 1.29 is 14.8 Å². The Bertz CT molecular complexity index is 593. The molecule has 0 aromatic heterocycles. The van der Waals surface area contributed by atoms with Crippen LogP contribution in [0, 0.1) is 10.1 Å². The van der Waals surface area contributed by atoms with Gasteiger partial charge in [-0.15, -0.1) is 0 Å². The SMILES string of the molecule is C[C@H](O)c1ccc(OCc2ccccc2[N+](=O)[O-])cc1. The van der Waals surface area contributed by atoms with Gasteiger partial charge in [0.1, 0.15) is 12.4 Å². The Hall–Kier alpha value is -2.40. The lowest BCUT2D eigenvalue weighted by Crippen LogP contribution is -2.00. The van der Waals surface area contributed by atoms with Crippen LogP contribution in [0.15, 0.2) is 48.5 Å². The quantitative estimate of drug-likeness (QED) is 0.670. The molecular weight excluding hydrogens is 258 g/mol. The van der Waals surface area contributed by atoms with Gasteiger partial charge in [-0.1, -0.05) is 24.3 Å². The number of ether oxygens (including phenoxy) is 1. The van der Waals surface area contributed by atoms with E-state index in [0.717, 1.165) is 5.56 Å². The Labute approximate surface area is 116 Å². The van der Waals surface area contributed by atoms with Gasteiger partial charge in [-0.2, -0.15) is 0 Å². The molecule has 0 aliphatic carbocycles. The topological polar surface area (TPSA) is 72.6 Å². The third-order valence-electron chi connectivity index (χ3n) is 2.95. The summed E-state index contributed by atoms with van der Waals surface area (Å²) in [5, 5.41) is 20.3. The number of para-hydroxylation sites is 1. The van der Waals surface area contributed by atoms with Crippen molar-refractivity contribution in [3.63, 3.8) is 0 Å². The molecule has 0 aliphatic heterocycles. The number of nitrogens with zero attached hydrogens (tertiary/aromatic N) is 1. The van der Waals surface area contributed by atoms with Crippen molar-refractivity contribution in [3.05, 3.63) is 69.8 Å². The molecule has 0 amide bonds. The zero-order valence-corrected chi connectivity index (χ0v) is 11.0. The fourth-order valence-electron chi connectivity index (χ4n) is 1.81. The maximum Gasteiger partial charge on any atom is 0.276 e. The van der Waals surface area contributed by atoms with E-state index in [9.17, 15) is 15.2 Å². The van der Waals surface area contributed by atoms with E-state index >= 15 is 0 Å². The molecule has 0 radical (unpaired) electrons. The van der Waals surface area contributed by atoms with Gasteiger partial charge in [-0.25, -0.2) is 0 Å². The number of aliphatic hydroxyl groups is 1. The third kappa shape index (κ3) is 3.33. The van der Waals surface area contributed by atoms with Gasteiger partial charge in [0.25, 0.3) is 5.69 Å². The third-order valence-corrected chi connectivity index (χ3v) is 2.95. The summed E-state index contributed by atoms with van der Waals surface area (Å²) < 4.78 is 5.53. The molecule has 0 spiro atoms. The summed E-state index contributed by atoms with van der Waals surface area (Å²) in [5.74, 6) is 0.604. The van der Waals surface area contributed by atoms with Gasteiger partial charge in [0.05, 0.1) is 16.6 Å². The Morgan fingerprint density at radius 2 is 1.85 bits per heavy atom. The molecule has 0 aliphatic rings. The molecule has 2 rings (SSSR count). The minimum absolute atomic E-state index is 0.0492. The lowest BCUT2D eigenvalue weighted by molar-refractivity contribution is -0.385. The van der Waals surface area contributed by atoms with Crippen LogP contribution < -0.4 is 4.74 Å². The molecule has 104 valence electrons. The van der Waals surface area contributed by atoms with E-state index in [2.05, 4.69) is 0 Å². The summed E-state index contributed by atoms with van der Waals surface area (Å²) in [5.41, 5.74) is 1.37. The highest BCUT2D eigenvalue weighted by Gasteiger charge is 2.12. The van der Waals surface area contributed by atoms with Crippen LogP contribution in [0.25, 0.3) is 0 Å². The van der Waals surface area contributed by atoms with E-state index in [1.165, 1.54) is 6.07 Å². The monoisotopic (exact) mass is 273 g/mol. The molecule has 20 heavy (non-hydrogen) atoms. The highest BCUT2D eigenvalue weighted by atomic mass is 16.6. The Morgan fingerprint density at radius 1 is 1.20 bits per heavy atom. The lowest BCUT2D eigenvalue weighted by Gasteiger charge is -2.09. The fraction of sp³-hybridized carbons (Fsp3) is 0.200. The summed E-state index contributed by atoms with van der Waals surface area (Å²) in [6.07, 6.45) is -0.528. The summed E-state index contributed by atoms with van der Waals surface area (Å²) in [6, 6.07) is 13.5. The fourth-order valence-corrected chi connectivity index (χ4v) is 1.81. The van der Waals surface area contributed by atoms with Gasteiger partial charge in [-0.05, 0) is 30.7 Å². The minimum Gasteiger partial charge on any atom is -0.489 e. The largest absolute Gasteiger partial charge is 0.489 e. The van der Waals surface area contributed by atoms with Gasteiger partial charge in [0.15, 0.2) is 0 Å². The predicted octanol–water partition coefficient (Wildman–Crippen LogP) is 3.23. The smallest absolute Gasteiger partial charge is 0.276 e. The van der Waals surface area contributed by atoms with Crippen LogP contribution in [0.1, 0.15) is 24.2 Å². The molecule has 0 fully saturated rings. The standard InChI is InChI=1S/C15H15NO4/c1-11(17)12-6-8-14(9-7-12)20-10-13-4-2-3-5-15(13)16(18)19/h2-9,11,17H,10H2,1H3/t11-/m0/s1. The zero-order chi connectivity index (χ0) is 14.5. The highest BCUT2D eigenvalue weighted by molar-refractivity contribution is 5.39. The van der Waals surface area contributed by atoms with E-state index in [4.69, 9.17) is 4.74 Å². The molecular formula is C15H15NO4. The van der Waals surface area contributed by atoms with Gasteiger partial charge in [0, 0.05) is 6.07 Å². The number of hydrogen-bond acceptors (Lipinski definition) is 4. The van der Waals surface area contributed by atoms with Crippen LogP contribution in [0.3, 0.4) is 0 Å². The molecule has 5 heteroatoms. The minimum atomic E-state index is -0.528. The number of rotatable bonds is 5. The van der Waals surface area contributed by atoms with Crippen LogP contribution in [0.2, 0.25) is 0 Å². The summed E-state index contributed by atoms with van der Waals surface area (Å²) in [4.78, 5) is 10.5. The first-order valence-corrected chi connectivity index (χ1v) is 6.21. The van der Waals surface area contributed by atoms with E-state index in [0.29, 0.717) is 11.3 Å². The molecule has 0 saturated heterocycles. The first-order chi connectivity index (χ1) is 9.58. The van der Waals surface area contributed by atoms with Crippen LogP contribution in [-0.4, -0.2) is 10.0 Å². The van der Waals surface area contributed by atoms with E-state index in [1.807, 2.05) is 0 Å². The van der Waals surface area contributed by atoms with Gasteiger partial charge >= 0.3 is 0 Å². The van der Waals surface area contributed by atoms with Crippen molar-refractivity contribution in [1.82, 2.24) is 0 Å². The average Bonchev–Trinajstić information content (AvgIpc) is 2.45. The second kappa shape index (κ2) is 6.16. The van der Waals surface area contributed by atoms with Crippen molar-refractivity contribution in [1.29, 1.82) is 0 Å². The molecule has 0 bridgehead atoms. The zero-order valence-electron chi connectivity index (χ0n) is 11.0. The molecule has 5 nitrogen and oxygen atoms in total. The first kappa shape index (κ1) is 14.0. The molecule has 2 aromatic carbocycles. The van der Waals surface area contributed by atoms with E-state index < -0.39 is 11.0 Å². The highest BCUT2D eigenvalue weighted by Crippen LogP contribution is 2.21. The Morgan fingerprint density at radius 3 is 2.45 bits per heavy atom. The second-order valence-electron chi connectivity index (χ2n) is 4.42. The van der Waals surface area contributed by atoms with Crippen LogP contribution in [-0.2, 0) is 6.61 Å². The van der Waals surface area contributed by atoms with Crippen LogP contribution >= 0.6 is 0 Å². The molecule has 1 atom stereocenters. The van der Waals surface area contributed by atoms with Crippen molar-refractivity contribution in [2.75, 3.05) is 0 Å². The summed E-state index contributed by atoms with van der Waals surface area (Å²) >= 11 is 0. The van der Waals surface area contributed by atoms with E-state index in [-0.39, 0.29) is 12.3 Å². The van der Waals surface area contributed by atoms with Crippen molar-refractivity contribution in [2.45, 2.75) is 19.6 Å². The lowest BCUT2D eigenvalue weighted by atomic mass is 10.1. The van der Waals surface area contributed by atoms with Crippen molar-refractivity contribution in [2.24, 2.45) is 0 Å². The molecule has 2 aromatic rings. The second-order valence-corrected chi connectivity index (χ2v) is 4.42. The van der Waals surface area contributed by atoms with Crippen molar-refractivity contribution in [3.8, 4) is 5.75 Å². The molecule has 0 heterocycles. The van der Waals surface area contributed by atoms with Crippen LogP contribution in [0.4, 0.5) is 5.69 Å². The number of hydrogen-bond donors (Lipinski definition) is 1. The predicted molar refractivity (Wildman–Crippen MR) is 74.5 cm³/mol. The number of benzene rings is 2. The summed E-state index contributed by atoms with van der Waals surface area (Å²) in [7, 11) is 0. The Kier molecular flexibility index (Phi) is 4.32. The first-order valence-electron chi connectivity index (χ1n) is 6.21. The summed E-state index contributed by atoms with van der Waals surface area (Å²) in [6.45, 7) is 1.81. The molecule has 1 N–H and O–H groups in total. The normalized spacial score (nSPS) is 11.9. The van der Waals surface area contributed by atoms with Crippen molar-refractivity contribution >= 4 is 5.69 Å². The Balaban J connectivity index is 2.07. The molecule has 0 unspecified atom stereocenters. The van der Waals surface area contributed by atoms with Gasteiger partial charge in [-0.3, -0.25) is 10.1 Å².